The zero-order chi connectivity index (χ0) is 31.9. The molecule has 2 heterocycles. The van der Waals surface area contributed by atoms with Crippen LogP contribution in [0.1, 0.15) is 36.8 Å². The van der Waals surface area contributed by atoms with Gasteiger partial charge >= 0.3 is 5.97 Å². The second-order valence-corrected chi connectivity index (χ2v) is 12.8. The summed E-state index contributed by atoms with van der Waals surface area (Å²) in [4.78, 5) is 60.6. The Labute approximate surface area is 265 Å². The number of amides is 3. The highest BCUT2D eigenvalue weighted by molar-refractivity contribution is 7.90. The van der Waals surface area contributed by atoms with E-state index in [0.29, 0.717) is 0 Å². The molecule has 15 heteroatoms. The molecule has 4 rings (SSSR count). The summed E-state index contributed by atoms with van der Waals surface area (Å²) in [5, 5.41) is 13.2. The van der Waals surface area contributed by atoms with Crippen molar-refractivity contribution in [2.45, 2.75) is 37.6 Å². The summed E-state index contributed by atoms with van der Waals surface area (Å²) < 4.78 is 17.6. The monoisotopic (exact) mass is 659 g/mol. The number of alkyl halides is 1. The molecular formula is C29H30ClN5O7S2. The molecule has 0 aliphatic carbocycles. The molecule has 0 saturated carbocycles. The van der Waals surface area contributed by atoms with Gasteiger partial charge in [-0.1, -0.05) is 77.0 Å². The molecule has 1 aliphatic rings. The lowest BCUT2D eigenvalue weighted by Gasteiger charge is -2.36. The van der Waals surface area contributed by atoms with Crippen molar-refractivity contribution in [3.63, 3.8) is 0 Å². The molecule has 0 bridgehead atoms. The average molecular weight is 660 g/mol. The van der Waals surface area contributed by atoms with Crippen molar-refractivity contribution in [1.82, 2.24) is 15.6 Å². The number of anilines is 1. The third kappa shape index (κ3) is 8.34. The van der Waals surface area contributed by atoms with E-state index in [1.54, 1.807) is 0 Å². The van der Waals surface area contributed by atoms with Crippen molar-refractivity contribution < 1.29 is 33.3 Å². The highest BCUT2D eigenvalue weighted by Crippen LogP contribution is 2.28. The van der Waals surface area contributed by atoms with E-state index in [-0.39, 0.29) is 28.2 Å². The Morgan fingerprint density at radius 1 is 1.14 bits per heavy atom. The highest BCUT2D eigenvalue weighted by atomic mass is 35.5. The van der Waals surface area contributed by atoms with E-state index in [2.05, 4.69) is 26.1 Å². The van der Waals surface area contributed by atoms with Gasteiger partial charge in [0.25, 0.3) is 5.91 Å². The predicted molar refractivity (Wildman–Crippen MR) is 167 cm³/mol. The number of β-lactam (4-membered cyclic amide) rings is 1. The zero-order valence-electron chi connectivity index (χ0n) is 23.9. The van der Waals surface area contributed by atoms with Crippen LogP contribution in [-0.2, 0) is 39.9 Å². The topological polar surface area (TPSA) is 171 Å². The van der Waals surface area contributed by atoms with Gasteiger partial charge in [0.15, 0.2) is 16.9 Å². The second-order valence-electron chi connectivity index (χ2n) is 10.2. The average Bonchev–Trinajstić information content (AvgIpc) is 3.46. The minimum absolute atomic E-state index is 0.00309. The molecule has 3 N–H and O–H groups in total. The maximum Gasteiger partial charge on any atom is 0.353 e. The van der Waals surface area contributed by atoms with Gasteiger partial charge in [0, 0.05) is 5.38 Å². The third-order valence-electron chi connectivity index (χ3n) is 6.33. The van der Waals surface area contributed by atoms with E-state index in [9.17, 15) is 23.7 Å². The first-order valence-corrected chi connectivity index (χ1v) is 16.4. The number of oxime groups is 1. The smallest absolute Gasteiger partial charge is 0.353 e. The van der Waals surface area contributed by atoms with Crippen LogP contribution in [0.3, 0.4) is 0 Å². The van der Waals surface area contributed by atoms with Gasteiger partial charge in [-0.2, -0.15) is 0 Å². The van der Waals surface area contributed by atoms with Crippen molar-refractivity contribution in [3.05, 3.63) is 82.9 Å². The Morgan fingerprint density at radius 2 is 1.75 bits per heavy atom. The van der Waals surface area contributed by atoms with Crippen LogP contribution in [0.15, 0.2) is 71.2 Å². The number of nitrogens with one attached hydrogen (secondary N) is 3. The summed E-state index contributed by atoms with van der Waals surface area (Å²) >= 11 is 5.33. The molecule has 2 aromatic carbocycles. The molecule has 0 radical (unpaired) electrons. The Hall–Kier alpha value is -3.98. The number of carbonyl (C=O) groups excluding carboxylic acids is 4. The normalized spacial score (nSPS) is 17.2. The number of rotatable bonds is 13. The number of hydrogen-bond donors (Lipinski definition) is 3. The summed E-state index contributed by atoms with van der Waals surface area (Å²) in [6.07, 6.45) is 0.737. The summed E-state index contributed by atoms with van der Waals surface area (Å²) in [5.41, 5.74) is -0.576. The van der Waals surface area contributed by atoms with Crippen molar-refractivity contribution in [3.8, 4) is 0 Å². The van der Waals surface area contributed by atoms with Crippen molar-refractivity contribution in [1.29, 1.82) is 0 Å². The lowest BCUT2D eigenvalue weighted by Crippen LogP contribution is -2.71. The first kappa shape index (κ1) is 32.9. The molecule has 1 saturated heterocycles. The number of thiazole rings is 1. The van der Waals surface area contributed by atoms with Crippen LogP contribution in [0.4, 0.5) is 5.13 Å². The quantitative estimate of drug-likeness (QED) is 0.0627. The SMILES string of the molecule is C[S+]([O-])C[C@H]1NC(=O)[C@H]1NC(=O)C(=NOC(C)(C)C(=O)OC(c1ccccc1)c1ccccc1)c1csc(NC(=O)CCl)n1. The predicted octanol–water partition coefficient (Wildman–Crippen LogP) is 2.51. The number of aromatic nitrogens is 1. The van der Waals surface area contributed by atoms with E-state index in [1.165, 1.54) is 25.5 Å². The van der Waals surface area contributed by atoms with Crippen molar-refractivity contribution >= 4 is 68.6 Å². The Bertz CT molecular complexity index is 1480. The molecule has 1 fully saturated rings. The fraction of sp³-hybridized carbons (Fsp3) is 0.310. The van der Waals surface area contributed by atoms with Gasteiger partial charge in [-0.15, -0.1) is 22.9 Å². The van der Waals surface area contributed by atoms with Gasteiger partial charge in [0.05, 0.1) is 6.26 Å². The lowest BCUT2D eigenvalue weighted by molar-refractivity contribution is -0.172. The molecular weight excluding hydrogens is 630 g/mol. The standard InChI is InChI=1S/C29H30ClN5O7S2/c1-29(2,27(39)41-24(17-10-6-4-7-11-17)18-12-8-5-9-13-18)42-35-23(19-15-43-28(32-19)33-21(36)14-30)26(38)34-22-20(16-44(3)40)31-25(22)37/h4-13,15,20,22,24H,14,16H2,1-3H3,(H,31,37)(H,34,38)(H,32,33,36)/t20-,22+,44?/m1/s1. The Kier molecular flexibility index (Phi) is 11.0. The third-order valence-corrected chi connectivity index (χ3v) is 8.16. The molecule has 12 nitrogen and oxygen atoms in total. The minimum Gasteiger partial charge on any atom is -0.616 e. The zero-order valence-corrected chi connectivity index (χ0v) is 26.3. The van der Waals surface area contributed by atoms with Crippen LogP contribution >= 0.6 is 22.9 Å². The molecule has 1 aliphatic heterocycles. The molecule has 232 valence electrons. The number of hydrogen-bond acceptors (Lipinski definition) is 10. The number of halogens is 1. The van der Waals surface area contributed by atoms with Crippen LogP contribution in [0.25, 0.3) is 0 Å². The van der Waals surface area contributed by atoms with E-state index in [1.807, 2.05) is 60.7 Å². The van der Waals surface area contributed by atoms with E-state index < -0.39 is 58.7 Å². The minimum atomic E-state index is -1.69. The maximum absolute atomic E-state index is 13.4. The number of esters is 1. The Balaban J connectivity index is 1.58. The van der Waals surface area contributed by atoms with Crippen molar-refractivity contribution in [2.75, 3.05) is 23.2 Å². The number of nitrogens with zero attached hydrogens (tertiary/aromatic N) is 2. The summed E-state index contributed by atoms with van der Waals surface area (Å²) in [6.45, 7) is 2.86. The highest BCUT2D eigenvalue weighted by Gasteiger charge is 2.43. The first-order valence-electron chi connectivity index (χ1n) is 13.3. The Morgan fingerprint density at radius 3 is 2.30 bits per heavy atom. The fourth-order valence-corrected chi connectivity index (χ4v) is 5.60. The largest absolute Gasteiger partial charge is 0.616 e. The van der Waals surface area contributed by atoms with E-state index >= 15 is 0 Å². The molecule has 1 aromatic heterocycles. The van der Waals surface area contributed by atoms with Gasteiger partial charge in [-0.25, -0.2) is 9.78 Å². The maximum atomic E-state index is 13.4. The van der Waals surface area contributed by atoms with Gasteiger partial charge in [0.1, 0.15) is 29.4 Å². The van der Waals surface area contributed by atoms with Crippen LogP contribution < -0.4 is 16.0 Å². The van der Waals surface area contributed by atoms with Crippen LogP contribution in [0.5, 0.6) is 0 Å². The molecule has 3 amide bonds. The molecule has 3 atom stereocenters. The summed E-state index contributed by atoms with van der Waals surface area (Å²) in [5.74, 6) is -2.75. The molecule has 44 heavy (non-hydrogen) atoms. The first-order chi connectivity index (χ1) is 21.0. The number of ether oxygens (including phenoxy) is 1. The fourth-order valence-electron chi connectivity index (χ4n) is 4.04. The van der Waals surface area contributed by atoms with Crippen LogP contribution in [-0.4, -0.2) is 74.5 Å². The molecule has 0 spiro atoms. The van der Waals surface area contributed by atoms with Crippen molar-refractivity contribution in [2.24, 2.45) is 5.16 Å². The molecule has 3 aromatic rings. The van der Waals surface area contributed by atoms with Crippen LogP contribution in [0, 0.1) is 0 Å². The summed E-state index contributed by atoms with van der Waals surface area (Å²) in [6, 6.07) is 16.8. The number of carbonyl (C=O) groups is 4. The van der Waals surface area contributed by atoms with Gasteiger partial charge < -0.3 is 30.1 Å². The molecule has 1 unspecified atom stereocenters. The van der Waals surface area contributed by atoms with Gasteiger partial charge in [-0.05, 0) is 25.0 Å². The van der Waals surface area contributed by atoms with Gasteiger partial charge in [-0.3, -0.25) is 14.4 Å². The van der Waals surface area contributed by atoms with E-state index in [0.717, 1.165) is 22.5 Å². The van der Waals surface area contributed by atoms with Gasteiger partial charge in [0.2, 0.25) is 17.4 Å². The number of benzene rings is 2. The lowest BCUT2D eigenvalue weighted by atomic mass is 10.0. The summed E-state index contributed by atoms with van der Waals surface area (Å²) in [7, 11) is 0. The second kappa shape index (κ2) is 14.7. The van der Waals surface area contributed by atoms with Crippen LogP contribution in [0.2, 0.25) is 0 Å². The van der Waals surface area contributed by atoms with E-state index in [4.69, 9.17) is 21.2 Å².